The minimum absolute atomic E-state index is 0.00396. The summed E-state index contributed by atoms with van der Waals surface area (Å²) in [6.45, 7) is 4.10. The van der Waals surface area contributed by atoms with Gasteiger partial charge in [-0.2, -0.15) is 5.26 Å². The van der Waals surface area contributed by atoms with Gasteiger partial charge in [0, 0.05) is 80.8 Å². The number of halogens is 1. The van der Waals surface area contributed by atoms with Crippen molar-refractivity contribution in [3.63, 3.8) is 0 Å². The van der Waals surface area contributed by atoms with Gasteiger partial charge < -0.3 is 30.1 Å². The van der Waals surface area contributed by atoms with Crippen LogP contribution in [0.25, 0.3) is 21.7 Å². The van der Waals surface area contributed by atoms with E-state index in [2.05, 4.69) is 39.9 Å². The molecule has 328 valence electrons. The molecule has 4 amide bonds. The Hall–Kier alpha value is -6.19. The van der Waals surface area contributed by atoms with Crippen molar-refractivity contribution in [2.24, 2.45) is 0 Å². The third-order valence-electron chi connectivity index (χ3n) is 12.0. The van der Waals surface area contributed by atoms with E-state index in [1.54, 1.807) is 23.2 Å². The first-order valence-electron chi connectivity index (χ1n) is 22.3. The summed E-state index contributed by atoms with van der Waals surface area (Å²) in [5.74, 6) is 0.465. The van der Waals surface area contributed by atoms with Gasteiger partial charge >= 0.3 is 0 Å². The molecule has 1 saturated heterocycles. The van der Waals surface area contributed by atoms with Crippen LogP contribution in [0.4, 0.5) is 11.4 Å². The first-order chi connectivity index (χ1) is 30.8. The van der Waals surface area contributed by atoms with E-state index >= 15 is 0 Å². The number of aryl methyl sites for hydroxylation is 1. The maximum absolute atomic E-state index is 13.5. The van der Waals surface area contributed by atoms with Crippen molar-refractivity contribution < 1.29 is 23.9 Å². The van der Waals surface area contributed by atoms with Crippen molar-refractivity contribution in [3.8, 4) is 11.8 Å². The fraction of sp³-hybridized carbons (Fsp3) is 0.400. The number of nitrogens with zero attached hydrogens (tertiary/aromatic N) is 5. The Morgan fingerprint density at radius 3 is 2.33 bits per heavy atom. The fourth-order valence-electron chi connectivity index (χ4n) is 8.50. The summed E-state index contributed by atoms with van der Waals surface area (Å²) in [5.41, 5.74) is 6.14. The predicted octanol–water partition coefficient (Wildman–Crippen LogP) is 8.03. The molecule has 4 aromatic carbocycles. The number of aromatic nitrogens is 1. The van der Waals surface area contributed by atoms with Crippen LogP contribution >= 0.6 is 11.6 Å². The van der Waals surface area contributed by atoms with Gasteiger partial charge in [0.25, 0.3) is 11.8 Å². The maximum Gasteiger partial charge on any atom is 0.257 e. The van der Waals surface area contributed by atoms with Crippen LogP contribution < -0.4 is 20.3 Å². The van der Waals surface area contributed by atoms with Crippen LogP contribution in [0.2, 0.25) is 0 Å². The van der Waals surface area contributed by atoms with E-state index in [1.165, 1.54) is 5.56 Å². The minimum Gasteiger partial charge on any atom is -0.484 e. The highest BCUT2D eigenvalue weighted by atomic mass is 35.5. The lowest BCUT2D eigenvalue weighted by Crippen LogP contribution is -2.50. The number of pyridine rings is 1. The van der Waals surface area contributed by atoms with Crippen molar-refractivity contribution in [2.45, 2.75) is 70.6 Å². The Bertz CT molecular complexity index is 2460. The molecule has 1 fully saturated rings. The second-order valence-electron chi connectivity index (χ2n) is 16.4. The van der Waals surface area contributed by atoms with Gasteiger partial charge in [-0.1, -0.05) is 56.4 Å². The molecule has 0 saturated carbocycles. The SMILES string of the molecule is N#Cc1ccc2nccc(NCCc3ccc4cc(C(=O)N5CCN(C(=O)CCCCCCCCCNC(=O)COc6ccc7c(c6)CCCN7C(=O)CCl)CC5)ccc4c3)c2c1. The molecule has 0 bridgehead atoms. The molecule has 12 nitrogen and oxygen atoms in total. The van der Waals surface area contributed by atoms with E-state index in [1.807, 2.05) is 58.3 Å². The number of carbonyl (C=O) groups is 4. The highest BCUT2D eigenvalue weighted by Gasteiger charge is 2.25. The lowest BCUT2D eigenvalue weighted by molar-refractivity contribution is -0.132. The van der Waals surface area contributed by atoms with Gasteiger partial charge in [-0.25, -0.2) is 0 Å². The molecule has 0 unspecified atom stereocenters. The second-order valence-corrected chi connectivity index (χ2v) is 16.7. The number of nitrogens with one attached hydrogen (secondary N) is 2. The molecule has 2 aliphatic heterocycles. The molecule has 2 aliphatic rings. The summed E-state index contributed by atoms with van der Waals surface area (Å²) in [4.78, 5) is 60.8. The highest BCUT2D eigenvalue weighted by molar-refractivity contribution is 6.29. The number of anilines is 2. The summed E-state index contributed by atoms with van der Waals surface area (Å²) in [6.07, 6.45) is 11.9. The van der Waals surface area contributed by atoms with E-state index in [0.717, 1.165) is 109 Å². The smallest absolute Gasteiger partial charge is 0.257 e. The fourth-order valence-corrected chi connectivity index (χ4v) is 8.65. The quantitative estimate of drug-likeness (QED) is 0.0627. The first kappa shape index (κ1) is 44.9. The van der Waals surface area contributed by atoms with Crippen LogP contribution in [0.15, 0.2) is 85.1 Å². The molecule has 0 radical (unpaired) electrons. The van der Waals surface area contributed by atoms with Gasteiger partial charge in [0.05, 0.1) is 17.1 Å². The molecule has 0 spiro atoms. The molecule has 63 heavy (non-hydrogen) atoms. The normalized spacial score (nSPS) is 13.7. The Balaban J connectivity index is 0.725. The van der Waals surface area contributed by atoms with Crippen molar-refractivity contribution >= 4 is 68.3 Å². The van der Waals surface area contributed by atoms with Crippen LogP contribution in [0.5, 0.6) is 5.75 Å². The zero-order valence-corrected chi connectivity index (χ0v) is 36.6. The van der Waals surface area contributed by atoms with Crippen LogP contribution in [0, 0.1) is 11.3 Å². The standard InChI is InChI=1S/C50H56ClN7O5/c51-33-49(61)58-24-8-9-40-32-42(16-18-46(40)58)63-35-47(59)55-21-7-5-3-1-2-4-6-10-48(60)56-25-27-57(28-26-56)50(62)41-15-14-38-29-36(11-13-39(38)31-41)19-22-53-45-20-23-54-44-17-12-37(34-52)30-43(44)45/h11-18,20,23,29-32H,1-10,19,21-22,24-28,33,35H2,(H,53,54)(H,55,59). The highest BCUT2D eigenvalue weighted by Crippen LogP contribution is 2.31. The number of ether oxygens (including phenoxy) is 1. The summed E-state index contributed by atoms with van der Waals surface area (Å²) < 4.78 is 5.73. The van der Waals surface area contributed by atoms with Crippen LogP contribution in [-0.4, -0.2) is 96.7 Å². The van der Waals surface area contributed by atoms with E-state index < -0.39 is 0 Å². The number of piperazine rings is 1. The van der Waals surface area contributed by atoms with E-state index in [4.69, 9.17) is 16.3 Å². The van der Waals surface area contributed by atoms with Gasteiger partial charge in [-0.3, -0.25) is 24.2 Å². The monoisotopic (exact) mass is 869 g/mol. The molecule has 1 aromatic heterocycles. The van der Waals surface area contributed by atoms with Crippen molar-refractivity contribution in [1.82, 2.24) is 20.1 Å². The molecule has 7 rings (SSSR count). The number of unbranched alkanes of at least 4 members (excludes halogenated alkanes) is 6. The Morgan fingerprint density at radius 1 is 0.762 bits per heavy atom. The molecule has 2 N–H and O–H groups in total. The van der Waals surface area contributed by atoms with E-state index in [9.17, 15) is 24.4 Å². The summed E-state index contributed by atoms with van der Waals surface area (Å²) in [5, 5.41) is 18.8. The maximum atomic E-state index is 13.5. The number of amides is 4. The molecule has 13 heteroatoms. The van der Waals surface area contributed by atoms with Crippen molar-refractivity contribution in [3.05, 3.63) is 107 Å². The number of hydrogen-bond donors (Lipinski definition) is 2. The summed E-state index contributed by atoms with van der Waals surface area (Å²) >= 11 is 5.77. The summed E-state index contributed by atoms with van der Waals surface area (Å²) in [7, 11) is 0. The van der Waals surface area contributed by atoms with Gasteiger partial charge in [-0.15, -0.1) is 11.6 Å². The summed E-state index contributed by atoms with van der Waals surface area (Å²) in [6, 6.07) is 27.4. The zero-order chi connectivity index (χ0) is 44.0. The number of alkyl halides is 1. The number of benzene rings is 4. The zero-order valence-electron chi connectivity index (χ0n) is 35.9. The molecule has 0 atom stereocenters. The van der Waals surface area contributed by atoms with Gasteiger partial charge in [-0.05, 0) is 109 Å². The topological polar surface area (TPSA) is 148 Å². The van der Waals surface area contributed by atoms with Gasteiger partial charge in [0.2, 0.25) is 11.8 Å². The van der Waals surface area contributed by atoms with Crippen LogP contribution in [-0.2, 0) is 27.2 Å². The number of nitriles is 1. The Morgan fingerprint density at radius 2 is 1.52 bits per heavy atom. The molecular weight excluding hydrogens is 814 g/mol. The van der Waals surface area contributed by atoms with Crippen LogP contribution in [0.3, 0.4) is 0 Å². The van der Waals surface area contributed by atoms with Gasteiger partial charge in [0.15, 0.2) is 6.61 Å². The van der Waals surface area contributed by atoms with E-state index in [0.29, 0.717) is 62.6 Å². The minimum atomic E-state index is -0.153. The Labute approximate surface area is 374 Å². The average Bonchev–Trinajstić information content (AvgIpc) is 3.32. The molecule has 3 heterocycles. The molecule has 0 aliphatic carbocycles. The Kier molecular flexibility index (Phi) is 15.8. The van der Waals surface area contributed by atoms with Crippen molar-refractivity contribution in [1.29, 1.82) is 5.26 Å². The molecule has 5 aromatic rings. The average molecular weight is 870 g/mol. The van der Waals surface area contributed by atoms with Crippen LogP contribution in [0.1, 0.15) is 84.8 Å². The second kappa shape index (κ2) is 22.2. The number of hydrogen-bond acceptors (Lipinski definition) is 8. The van der Waals surface area contributed by atoms with E-state index in [-0.39, 0.29) is 36.1 Å². The predicted molar refractivity (Wildman–Crippen MR) is 248 cm³/mol. The first-order valence-corrected chi connectivity index (χ1v) is 22.8. The number of carbonyl (C=O) groups excluding carboxylic acids is 4. The molecular formula is C50H56ClN7O5. The lowest BCUT2D eigenvalue weighted by Gasteiger charge is -2.35. The third-order valence-corrected chi connectivity index (χ3v) is 12.2. The number of fused-ring (bicyclic) bond motifs is 3. The largest absolute Gasteiger partial charge is 0.484 e. The van der Waals surface area contributed by atoms with Crippen molar-refractivity contribution in [2.75, 3.05) is 68.5 Å². The number of rotatable bonds is 19. The third kappa shape index (κ3) is 12.0. The lowest BCUT2D eigenvalue weighted by atomic mass is 10.0. The van der Waals surface area contributed by atoms with Gasteiger partial charge in [0.1, 0.15) is 11.6 Å².